The standard InChI is InChI=1S/C19H21N3O6S/c1-3-20-19(25)21-17(23)12-28-18(24)14-6-10-16(11-7-14)29(26,27)22-15-8-4-13(2)5-9-15/h4-11,22H,3,12H2,1-2H3,(H2,20,21,23,25). The van der Waals surface area contributed by atoms with Crippen molar-refractivity contribution in [3.63, 3.8) is 0 Å². The first-order valence-corrected chi connectivity index (χ1v) is 10.1. The Morgan fingerprint density at radius 1 is 0.966 bits per heavy atom. The van der Waals surface area contributed by atoms with Crippen molar-refractivity contribution in [1.29, 1.82) is 0 Å². The number of rotatable bonds is 7. The van der Waals surface area contributed by atoms with E-state index in [0.717, 1.165) is 5.56 Å². The summed E-state index contributed by atoms with van der Waals surface area (Å²) < 4.78 is 32.1. The molecule has 0 atom stereocenters. The van der Waals surface area contributed by atoms with Crippen LogP contribution in [0.15, 0.2) is 53.4 Å². The number of benzene rings is 2. The van der Waals surface area contributed by atoms with E-state index in [1.54, 1.807) is 31.2 Å². The number of hydrogen-bond donors (Lipinski definition) is 3. The molecule has 0 aliphatic rings. The van der Waals surface area contributed by atoms with Crippen LogP contribution in [0.2, 0.25) is 0 Å². The van der Waals surface area contributed by atoms with Gasteiger partial charge in [-0.25, -0.2) is 18.0 Å². The second-order valence-electron chi connectivity index (χ2n) is 5.98. The Balaban J connectivity index is 1.96. The number of sulfonamides is 1. The van der Waals surface area contributed by atoms with Gasteiger partial charge in [0.25, 0.3) is 15.9 Å². The minimum Gasteiger partial charge on any atom is -0.452 e. The van der Waals surface area contributed by atoms with Gasteiger partial charge in [-0.2, -0.15) is 0 Å². The molecule has 29 heavy (non-hydrogen) atoms. The largest absolute Gasteiger partial charge is 0.452 e. The average molecular weight is 419 g/mol. The van der Waals surface area contributed by atoms with Crippen LogP contribution in [0.3, 0.4) is 0 Å². The molecule has 0 heterocycles. The number of imide groups is 1. The Labute approximate surface area is 168 Å². The maximum atomic E-state index is 12.4. The number of nitrogens with one attached hydrogen (secondary N) is 3. The van der Waals surface area contributed by atoms with Crippen molar-refractivity contribution in [3.05, 3.63) is 59.7 Å². The van der Waals surface area contributed by atoms with Crippen LogP contribution in [0.5, 0.6) is 0 Å². The Hall–Kier alpha value is -3.40. The predicted octanol–water partition coefficient (Wildman–Crippen LogP) is 1.80. The molecule has 2 aromatic rings. The molecule has 0 fully saturated rings. The summed E-state index contributed by atoms with van der Waals surface area (Å²) in [7, 11) is -3.82. The van der Waals surface area contributed by atoms with Crippen molar-refractivity contribution in [2.75, 3.05) is 17.9 Å². The highest BCUT2D eigenvalue weighted by molar-refractivity contribution is 7.92. The van der Waals surface area contributed by atoms with Crippen molar-refractivity contribution in [2.24, 2.45) is 0 Å². The Bertz CT molecular complexity index is 986. The summed E-state index contributed by atoms with van der Waals surface area (Å²) in [5.74, 6) is -1.61. The van der Waals surface area contributed by atoms with Crippen LogP contribution in [0.1, 0.15) is 22.8 Å². The van der Waals surface area contributed by atoms with E-state index in [2.05, 4.69) is 10.0 Å². The molecule has 0 saturated carbocycles. The van der Waals surface area contributed by atoms with Gasteiger partial charge >= 0.3 is 12.0 Å². The predicted molar refractivity (Wildman–Crippen MR) is 106 cm³/mol. The first-order chi connectivity index (χ1) is 13.7. The second kappa shape index (κ2) is 9.69. The highest BCUT2D eigenvalue weighted by Crippen LogP contribution is 2.17. The van der Waals surface area contributed by atoms with Crippen LogP contribution in [0, 0.1) is 6.92 Å². The van der Waals surface area contributed by atoms with Gasteiger partial charge in [-0.05, 0) is 50.2 Å². The van der Waals surface area contributed by atoms with Gasteiger partial charge in [-0.3, -0.25) is 14.8 Å². The number of ether oxygens (including phenoxy) is 1. The summed E-state index contributed by atoms with van der Waals surface area (Å²) in [6.45, 7) is 3.27. The molecule has 0 spiro atoms. The molecule has 0 unspecified atom stereocenters. The number of carbonyl (C=O) groups excluding carboxylic acids is 3. The first-order valence-electron chi connectivity index (χ1n) is 8.65. The van der Waals surface area contributed by atoms with Gasteiger partial charge in [-0.15, -0.1) is 0 Å². The molecule has 0 saturated heterocycles. The molecule has 3 N–H and O–H groups in total. The van der Waals surface area contributed by atoms with E-state index in [1.807, 2.05) is 12.2 Å². The fourth-order valence-electron chi connectivity index (χ4n) is 2.19. The fraction of sp³-hybridized carbons (Fsp3) is 0.211. The summed E-state index contributed by atoms with van der Waals surface area (Å²) in [6, 6.07) is 11.2. The van der Waals surface area contributed by atoms with Crippen LogP contribution >= 0.6 is 0 Å². The lowest BCUT2D eigenvalue weighted by Gasteiger charge is -2.09. The number of anilines is 1. The van der Waals surface area contributed by atoms with E-state index < -0.39 is 34.5 Å². The number of esters is 1. The molecular weight excluding hydrogens is 398 g/mol. The topological polar surface area (TPSA) is 131 Å². The van der Waals surface area contributed by atoms with Crippen molar-refractivity contribution in [2.45, 2.75) is 18.7 Å². The highest BCUT2D eigenvalue weighted by atomic mass is 32.2. The Morgan fingerprint density at radius 2 is 1.59 bits per heavy atom. The SMILES string of the molecule is CCNC(=O)NC(=O)COC(=O)c1ccc(S(=O)(=O)Nc2ccc(C)cc2)cc1. The van der Waals surface area contributed by atoms with Crippen molar-refractivity contribution in [3.8, 4) is 0 Å². The normalized spacial score (nSPS) is 10.7. The maximum Gasteiger partial charge on any atom is 0.338 e. The Morgan fingerprint density at radius 3 is 2.17 bits per heavy atom. The lowest BCUT2D eigenvalue weighted by molar-refractivity contribution is -0.123. The fourth-order valence-corrected chi connectivity index (χ4v) is 3.25. The minimum atomic E-state index is -3.82. The molecule has 0 aliphatic heterocycles. The van der Waals surface area contributed by atoms with Gasteiger partial charge < -0.3 is 10.1 Å². The van der Waals surface area contributed by atoms with Gasteiger partial charge in [0, 0.05) is 12.2 Å². The second-order valence-corrected chi connectivity index (χ2v) is 7.66. The van der Waals surface area contributed by atoms with Crippen LogP contribution < -0.4 is 15.4 Å². The quantitative estimate of drug-likeness (QED) is 0.587. The van der Waals surface area contributed by atoms with Crippen molar-refractivity contribution in [1.82, 2.24) is 10.6 Å². The van der Waals surface area contributed by atoms with Crippen LogP contribution in [0.4, 0.5) is 10.5 Å². The minimum absolute atomic E-state index is 0.0383. The third-order valence-corrected chi connectivity index (χ3v) is 5.03. The van der Waals surface area contributed by atoms with Crippen molar-refractivity contribution < 1.29 is 27.5 Å². The summed E-state index contributed by atoms with van der Waals surface area (Å²) in [4.78, 5) is 34.6. The van der Waals surface area contributed by atoms with Crippen LogP contribution in [-0.2, 0) is 19.6 Å². The Kier molecular flexibility index (Phi) is 7.32. The third-order valence-electron chi connectivity index (χ3n) is 3.63. The van der Waals surface area contributed by atoms with Crippen LogP contribution in [0.25, 0.3) is 0 Å². The van der Waals surface area contributed by atoms with Gasteiger partial charge in [-0.1, -0.05) is 17.7 Å². The van der Waals surface area contributed by atoms with E-state index in [-0.39, 0.29) is 10.5 Å². The summed E-state index contributed by atoms with van der Waals surface area (Å²) in [5, 5.41) is 4.35. The molecule has 3 amide bonds. The van der Waals surface area contributed by atoms with Gasteiger partial charge in [0.15, 0.2) is 6.61 Å². The number of amides is 3. The zero-order valence-corrected chi connectivity index (χ0v) is 16.7. The monoisotopic (exact) mass is 419 g/mol. The highest BCUT2D eigenvalue weighted by Gasteiger charge is 2.16. The van der Waals surface area contributed by atoms with Crippen molar-refractivity contribution >= 4 is 33.6 Å². The molecule has 0 aliphatic carbocycles. The van der Waals surface area contributed by atoms with Gasteiger partial charge in [0.1, 0.15) is 0 Å². The van der Waals surface area contributed by atoms with E-state index in [1.165, 1.54) is 24.3 Å². The molecule has 9 nitrogen and oxygen atoms in total. The molecule has 0 bridgehead atoms. The van der Waals surface area contributed by atoms with E-state index in [9.17, 15) is 22.8 Å². The summed E-state index contributed by atoms with van der Waals surface area (Å²) >= 11 is 0. The number of aryl methyl sites for hydroxylation is 1. The molecule has 2 aromatic carbocycles. The molecule has 2 rings (SSSR count). The molecular formula is C19H21N3O6S. The number of urea groups is 1. The number of hydrogen-bond acceptors (Lipinski definition) is 6. The molecule has 10 heteroatoms. The van der Waals surface area contributed by atoms with Crippen LogP contribution in [-0.4, -0.2) is 39.5 Å². The lowest BCUT2D eigenvalue weighted by atomic mass is 10.2. The molecule has 0 radical (unpaired) electrons. The van der Waals surface area contributed by atoms with Gasteiger partial charge in [0.05, 0.1) is 10.5 Å². The van der Waals surface area contributed by atoms with E-state index in [0.29, 0.717) is 12.2 Å². The maximum absolute atomic E-state index is 12.4. The molecule has 0 aromatic heterocycles. The summed E-state index contributed by atoms with van der Waals surface area (Å²) in [6.07, 6.45) is 0. The third kappa shape index (κ3) is 6.61. The first kappa shape index (κ1) is 21.9. The number of carbonyl (C=O) groups is 3. The zero-order chi connectivity index (χ0) is 21.4. The van der Waals surface area contributed by atoms with Gasteiger partial charge in [0.2, 0.25) is 0 Å². The van der Waals surface area contributed by atoms with E-state index in [4.69, 9.17) is 4.74 Å². The smallest absolute Gasteiger partial charge is 0.338 e. The zero-order valence-electron chi connectivity index (χ0n) is 15.9. The van der Waals surface area contributed by atoms with E-state index >= 15 is 0 Å². The summed E-state index contributed by atoms with van der Waals surface area (Å²) in [5.41, 5.74) is 1.47. The molecule has 154 valence electrons. The lowest BCUT2D eigenvalue weighted by Crippen LogP contribution is -2.41. The average Bonchev–Trinajstić information content (AvgIpc) is 2.68.